The van der Waals surface area contributed by atoms with Crippen LogP contribution in [-0.4, -0.2) is 19.7 Å². The average Bonchev–Trinajstić information content (AvgIpc) is 2.84. The maximum absolute atomic E-state index is 13.0. The monoisotopic (exact) mass is 418 g/mol. The highest BCUT2D eigenvalue weighted by atomic mass is 32.2. The molecule has 3 rings (SSSR count). The molecule has 0 aliphatic heterocycles. The molecule has 3 atom stereocenters. The highest BCUT2D eigenvalue weighted by Gasteiger charge is 2.54. The van der Waals surface area contributed by atoms with Crippen LogP contribution in [0.4, 0.5) is 13.2 Å². The summed E-state index contributed by atoms with van der Waals surface area (Å²) >= 11 is 0. The van der Waals surface area contributed by atoms with Crippen LogP contribution < -0.4 is 0 Å². The van der Waals surface area contributed by atoms with Crippen LogP contribution in [0.15, 0.2) is 35.1 Å². The minimum Gasteiger partial charge on any atom is -0.376 e. The molecule has 8 heteroatoms. The fraction of sp³-hybridized carbons (Fsp3) is 0.650. The fourth-order valence-corrected chi connectivity index (χ4v) is 5.31. The molecule has 1 fully saturated rings. The van der Waals surface area contributed by atoms with E-state index in [0.717, 1.165) is 25.3 Å². The first-order valence-corrected chi connectivity index (χ1v) is 10.8. The Hall–Kier alpha value is -1.57. The third-order valence-electron chi connectivity index (χ3n) is 6.61. The molecule has 28 heavy (non-hydrogen) atoms. The van der Waals surface area contributed by atoms with E-state index in [-0.39, 0.29) is 11.3 Å². The predicted octanol–water partition coefficient (Wildman–Crippen LogP) is 5.04. The van der Waals surface area contributed by atoms with E-state index in [1.54, 1.807) is 6.08 Å². The van der Waals surface area contributed by atoms with Gasteiger partial charge in [-0.1, -0.05) is 44.9 Å². The van der Waals surface area contributed by atoms with E-state index in [1.165, 1.54) is 17.2 Å². The van der Waals surface area contributed by atoms with E-state index in [0.29, 0.717) is 12.3 Å². The summed E-state index contributed by atoms with van der Waals surface area (Å²) in [7, 11) is -5.83. The lowest BCUT2D eigenvalue weighted by molar-refractivity contribution is -0.126. The second-order valence-corrected chi connectivity index (χ2v) is 10.3. The van der Waals surface area contributed by atoms with Crippen molar-refractivity contribution in [2.75, 3.05) is 0 Å². The van der Waals surface area contributed by atoms with Crippen molar-refractivity contribution in [2.45, 2.75) is 58.9 Å². The molecule has 0 bridgehead atoms. The van der Waals surface area contributed by atoms with Gasteiger partial charge in [0, 0.05) is 17.4 Å². The van der Waals surface area contributed by atoms with Crippen molar-refractivity contribution in [2.24, 2.45) is 22.7 Å². The summed E-state index contributed by atoms with van der Waals surface area (Å²) in [6.45, 7) is 8.19. The topological polar surface area (TPSA) is 60.4 Å². The van der Waals surface area contributed by atoms with Crippen LogP contribution in [0.25, 0.3) is 0 Å². The lowest BCUT2D eigenvalue weighted by atomic mass is 9.55. The van der Waals surface area contributed by atoms with Crippen molar-refractivity contribution in [3.05, 3.63) is 35.1 Å². The molecule has 0 radical (unpaired) electrons. The van der Waals surface area contributed by atoms with E-state index in [2.05, 4.69) is 25.0 Å². The molecule has 0 amide bonds. The number of carbonyl (C=O) groups excluding carboxylic acids is 1. The van der Waals surface area contributed by atoms with E-state index in [9.17, 15) is 26.4 Å². The standard InChI is InChI=1S/C20H25F3O4S/c1-12(2)14-7-8-18(3)9-10-19(4)15(17(14)18)6-5-13(11-16(19)24)27-28(25,26)20(21,22)23/h5-6,11-12,15H,7-10H2,1-4H3/t15-,18+,19+/m0/s1. The Labute approximate surface area is 163 Å². The molecule has 3 aliphatic rings. The number of hydrogen-bond acceptors (Lipinski definition) is 4. The highest BCUT2D eigenvalue weighted by Crippen LogP contribution is 2.61. The molecule has 0 unspecified atom stereocenters. The molecule has 0 heterocycles. The molecule has 4 nitrogen and oxygen atoms in total. The van der Waals surface area contributed by atoms with Gasteiger partial charge in [-0.2, -0.15) is 21.6 Å². The van der Waals surface area contributed by atoms with Gasteiger partial charge in [-0.3, -0.25) is 4.79 Å². The molecule has 0 N–H and O–H groups in total. The van der Waals surface area contributed by atoms with E-state index < -0.39 is 32.6 Å². The third kappa shape index (κ3) is 3.23. The van der Waals surface area contributed by atoms with Crippen molar-refractivity contribution < 1.29 is 30.6 Å². The Morgan fingerprint density at radius 1 is 1.18 bits per heavy atom. The van der Waals surface area contributed by atoms with Gasteiger partial charge >= 0.3 is 15.6 Å². The van der Waals surface area contributed by atoms with E-state index in [1.807, 2.05) is 6.92 Å². The van der Waals surface area contributed by atoms with Gasteiger partial charge < -0.3 is 4.18 Å². The molecule has 156 valence electrons. The maximum atomic E-state index is 13.0. The number of rotatable bonds is 3. The van der Waals surface area contributed by atoms with Gasteiger partial charge in [-0.15, -0.1) is 0 Å². The summed E-state index contributed by atoms with van der Waals surface area (Å²) < 4.78 is 65.0. The number of alkyl halides is 3. The quantitative estimate of drug-likeness (QED) is 0.366. The molecule has 0 aromatic heterocycles. The van der Waals surface area contributed by atoms with Crippen LogP contribution in [0.1, 0.15) is 53.4 Å². The van der Waals surface area contributed by atoms with Crippen molar-refractivity contribution in [3.63, 3.8) is 0 Å². The van der Waals surface area contributed by atoms with Crippen LogP contribution in [0, 0.1) is 22.7 Å². The zero-order valence-corrected chi connectivity index (χ0v) is 17.2. The van der Waals surface area contributed by atoms with E-state index >= 15 is 0 Å². The molecule has 3 aliphatic carbocycles. The van der Waals surface area contributed by atoms with Gasteiger partial charge in [-0.05, 0) is 43.1 Å². The van der Waals surface area contributed by atoms with Gasteiger partial charge in [0.15, 0.2) is 5.78 Å². The summed E-state index contributed by atoms with van der Waals surface area (Å²) in [5.74, 6) is -0.978. The third-order valence-corrected chi connectivity index (χ3v) is 7.59. The first kappa shape index (κ1) is 21.1. The normalized spacial score (nSPS) is 33.5. The smallest absolute Gasteiger partial charge is 0.376 e. The largest absolute Gasteiger partial charge is 0.534 e. The van der Waals surface area contributed by atoms with Crippen LogP contribution in [-0.2, 0) is 19.1 Å². The van der Waals surface area contributed by atoms with Crippen molar-refractivity contribution >= 4 is 15.9 Å². The molecular weight excluding hydrogens is 393 g/mol. The fourth-order valence-electron chi connectivity index (χ4n) is 4.86. The van der Waals surface area contributed by atoms with Crippen LogP contribution in [0.2, 0.25) is 0 Å². The molecule has 0 aromatic carbocycles. The van der Waals surface area contributed by atoms with Crippen molar-refractivity contribution in [1.82, 2.24) is 0 Å². The first-order valence-electron chi connectivity index (χ1n) is 9.40. The number of allylic oxidation sites excluding steroid dienone is 5. The molecule has 0 saturated heterocycles. The summed E-state index contributed by atoms with van der Waals surface area (Å²) in [6, 6.07) is 0. The van der Waals surface area contributed by atoms with Crippen molar-refractivity contribution in [3.8, 4) is 0 Å². The summed E-state index contributed by atoms with van der Waals surface area (Å²) in [5, 5.41) is 0. The Bertz CT molecular complexity index is 895. The number of carbonyl (C=O) groups is 1. The summed E-state index contributed by atoms with van der Waals surface area (Å²) in [4.78, 5) is 13.0. The molecular formula is C20H25F3O4S. The molecule has 0 spiro atoms. The van der Waals surface area contributed by atoms with Gasteiger partial charge in [0.2, 0.25) is 0 Å². The van der Waals surface area contributed by atoms with Crippen LogP contribution in [0.3, 0.4) is 0 Å². The Kier molecular flexibility index (Phi) is 4.89. The van der Waals surface area contributed by atoms with Crippen LogP contribution >= 0.6 is 0 Å². The van der Waals surface area contributed by atoms with Gasteiger partial charge in [0.25, 0.3) is 0 Å². The predicted molar refractivity (Wildman–Crippen MR) is 98.3 cm³/mol. The second kappa shape index (κ2) is 6.47. The number of halogens is 3. The SMILES string of the molecule is CC(C)C1=C2[C@@H]3C=CC(OS(=O)(=O)C(F)(F)F)=CC(=O)[C@]3(C)CC[C@@]2(C)CC1. The minimum atomic E-state index is -5.83. The Morgan fingerprint density at radius 2 is 1.82 bits per heavy atom. The Morgan fingerprint density at radius 3 is 2.39 bits per heavy atom. The summed E-state index contributed by atoms with van der Waals surface area (Å²) in [5.41, 5.74) is -3.94. The minimum absolute atomic E-state index is 0.0438. The second-order valence-electron chi connectivity index (χ2n) is 8.80. The Balaban J connectivity index is 2.06. The van der Waals surface area contributed by atoms with Crippen molar-refractivity contribution in [1.29, 1.82) is 0 Å². The van der Waals surface area contributed by atoms with Gasteiger partial charge in [-0.25, -0.2) is 0 Å². The molecule has 0 aromatic rings. The van der Waals surface area contributed by atoms with Gasteiger partial charge in [0.05, 0.1) is 0 Å². The number of hydrogen-bond donors (Lipinski definition) is 0. The van der Waals surface area contributed by atoms with Gasteiger partial charge in [0.1, 0.15) is 5.76 Å². The number of ketones is 1. The van der Waals surface area contributed by atoms with E-state index in [4.69, 9.17) is 0 Å². The lowest BCUT2D eigenvalue weighted by Gasteiger charge is -2.47. The number of fused-ring (bicyclic) bond motifs is 3. The highest BCUT2D eigenvalue weighted by molar-refractivity contribution is 7.87. The maximum Gasteiger partial charge on any atom is 0.534 e. The van der Waals surface area contributed by atoms with Crippen LogP contribution in [0.5, 0.6) is 0 Å². The average molecular weight is 418 g/mol. The zero-order chi connectivity index (χ0) is 21.1. The lowest BCUT2D eigenvalue weighted by Crippen LogP contribution is -2.43. The first-order chi connectivity index (χ1) is 12.7. The zero-order valence-electron chi connectivity index (χ0n) is 16.4. The summed E-state index contributed by atoms with van der Waals surface area (Å²) in [6.07, 6.45) is 7.08. The molecule has 1 saturated carbocycles.